The molecular weight excluding hydrogens is 356 g/mol. The summed E-state index contributed by atoms with van der Waals surface area (Å²) in [6.45, 7) is 3.64. The van der Waals surface area contributed by atoms with Crippen LogP contribution in [-0.2, 0) is 14.3 Å². The second-order valence-corrected chi connectivity index (χ2v) is 6.43. The van der Waals surface area contributed by atoms with Crippen molar-refractivity contribution in [3.63, 3.8) is 0 Å². The first kappa shape index (κ1) is 20.4. The largest absolute Gasteiger partial charge is 0.497 e. The topological polar surface area (TPSA) is 120 Å². The van der Waals surface area contributed by atoms with Crippen LogP contribution in [0.3, 0.4) is 0 Å². The summed E-state index contributed by atoms with van der Waals surface area (Å²) in [5.41, 5.74) is -0.545. The third-order valence-electron chi connectivity index (χ3n) is 4.16. The number of nitrogens with zero attached hydrogens (tertiary/aromatic N) is 1. The van der Waals surface area contributed by atoms with E-state index in [1.165, 1.54) is 37.6 Å². The lowest BCUT2D eigenvalue weighted by Gasteiger charge is -2.42. The Kier molecular flexibility index (Phi) is 6.57. The summed E-state index contributed by atoms with van der Waals surface area (Å²) in [4.78, 5) is 20.7. The van der Waals surface area contributed by atoms with Gasteiger partial charge in [-0.25, -0.2) is 4.79 Å². The summed E-state index contributed by atoms with van der Waals surface area (Å²) >= 11 is 0. The highest BCUT2D eigenvalue weighted by Crippen LogP contribution is 2.41. The van der Waals surface area contributed by atoms with E-state index in [0.717, 1.165) is 0 Å². The van der Waals surface area contributed by atoms with E-state index >= 15 is 0 Å². The molecule has 1 aliphatic heterocycles. The van der Waals surface area contributed by atoms with Crippen molar-refractivity contribution in [1.82, 2.24) is 5.32 Å². The van der Waals surface area contributed by atoms with Crippen molar-refractivity contribution in [2.75, 3.05) is 20.3 Å². The average molecular weight is 378 g/mol. The third-order valence-corrected chi connectivity index (χ3v) is 4.16. The zero-order chi connectivity index (χ0) is 20.0. The molecule has 2 rings (SSSR count). The third kappa shape index (κ3) is 4.85. The predicted octanol–water partition coefficient (Wildman–Crippen LogP) is 1.65. The Morgan fingerprint density at radius 2 is 2.26 bits per heavy atom. The number of non-ortho nitro benzene ring substituents is 1. The predicted molar refractivity (Wildman–Crippen MR) is 95.9 cm³/mol. The van der Waals surface area contributed by atoms with Crippen LogP contribution < -0.4 is 10.1 Å². The molecule has 0 saturated carbocycles. The highest BCUT2D eigenvalue weighted by molar-refractivity contribution is 5.48. The number of hydrogen-bond donors (Lipinski definition) is 2. The summed E-state index contributed by atoms with van der Waals surface area (Å²) in [5.74, 6) is 2.47. The van der Waals surface area contributed by atoms with Gasteiger partial charge in [-0.1, -0.05) is 0 Å². The van der Waals surface area contributed by atoms with Crippen molar-refractivity contribution < 1.29 is 29.0 Å². The van der Waals surface area contributed by atoms with E-state index in [2.05, 4.69) is 5.32 Å². The first-order valence-electron chi connectivity index (χ1n) is 8.21. The molecule has 0 bridgehead atoms. The monoisotopic (exact) mass is 378 g/mol. The van der Waals surface area contributed by atoms with E-state index < -0.39 is 22.7 Å². The lowest BCUT2D eigenvalue weighted by Crippen LogP contribution is -2.51. The Balaban J connectivity index is 2.28. The number of ether oxygens (including phenoxy) is 3. The average Bonchev–Trinajstić information content (AvgIpc) is 2.63. The molecule has 9 nitrogen and oxygen atoms in total. The van der Waals surface area contributed by atoms with Crippen LogP contribution >= 0.6 is 0 Å². The highest BCUT2D eigenvalue weighted by atomic mass is 16.6. The number of fused-ring (bicyclic) bond motifs is 1. The van der Waals surface area contributed by atoms with Crippen molar-refractivity contribution >= 4 is 11.6 Å². The molecule has 27 heavy (non-hydrogen) atoms. The minimum atomic E-state index is -0.986. The molecule has 0 fully saturated rings. The van der Waals surface area contributed by atoms with Crippen molar-refractivity contribution in [3.8, 4) is 5.75 Å². The van der Waals surface area contributed by atoms with Crippen molar-refractivity contribution in [3.05, 3.63) is 51.9 Å². The van der Waals surface area contributed by atoms with Crippen LogP contribution in [0.15, 0.2) is 36.2 Å². The molecule has 0 amide bonds. The number of nitro groups is 1. The van der Waals surface area contributed by atoms with Gasteiger partial charge in [0.25, 0.3) is 5.69 Å². The Labute approximate surface area is 156 Å². The fraction of sp³-hybridized carbons (Fsp3) is 0.444. The van der Waals surface area contributed by atoms with Crippen LogP contribution in [0.1, 0.15) is 25.5 Å². The maximum Gasteiger partial charge on any atom is 0.270 e. The van der Waals surface area contributed by atoms with Crippen LogP contribution in [0, 0.1) is 10.1 Å². The van der Waals surface area contributed by atoms with Crippen LogP contribution in [0.4, 0.5) is 5.69 Å². The maximum atomic E-state index is 11.1. The molecule has 0 spiro atoms. The second kappa shape index (κ2) is 8.68. The summed E-state index contributed by atoms with van der Waals surface area (Å²) in [6.07, 6.45) is 1.73. The molecule has 0 aromatic heterocycles. The van der Waals surface area contributed by atoms with Gasteiger partial charge in [0, 0.05) is 30.0 Å². The Morgan fingerprint density at radius 1 is 1.52 bits per heavy atom. The molecule has 0 saturated heterocycles. The number of nitro benzene ring substituents is 1. The van der Waals surface area contributed by atoms with Gasteiger partial charge in [0.1, 0.15) is 35.8 Å². The molecule has 2 N–H and O–H groups in total. The van der Waals surface area contributed by atoms with Crippen LogP contribution in [0.5, 0.6) is 5.75 Å². The number of carbonyl (C=O) groups excluding carboxylic acids is 1. The summed E-state index contributed by atoms with van der Waals surface area (Å²) < 4.78 is 16.2. The summed E-state index contributed by atoms with van der Waals surface area (Å²) in [5, 5.41) is 24.8. The van der Waals surface area contributed by atoms with E-state index in [1.807, 2.05) is 0 Å². The lowest BCUT2D eigenvalue weighted by molar-refractivity contribution is -0.385. The number of hydrogen-bond acceptors (Lipinski definition) is 8. The van der Waals surface area contributed by atoms with Gasteiger partial charge in [0.15, 0.2) is 0 Å². The standard InChI is InChI=1S/C18H22N2O7/c1-18(2)17(22)16(19-10-13(25-3)11-26-8-4-7-21)14-9-12(20(23)24)5-6-15(14)27-18/h4-6,9-10,16-17,19,22H,8,11H2,1-3H3/b13-10+/t16-,17+/m1/s1. The Bertz CT molecular complexity index is 769. The van der Waals surface area contributed by atoms with Gasteiger partial charge in [-0.15, -0.1) is 0 Å². The molecule has 0 unspecified atom stereocenters. The molecule has 1 aromatic carbocycles. The molecule has 0 radical (unpaired) electrons. The molecule has 146 valence electrons. The Morgan fingerprint density at radius 3 is 2.89 bits per heavy atom. The number of rotatable bonds is 8. The molecule has 9 heteroatoms. The molecule has 1 aromatic rings. The maximum absolute atomic E-state index is 11.1. The van der Waals surface area contributed by atoms with Gasteiger partial charge in [-0.2, -0.15) is 0 Å². The fourth-order valence-electron chi connectivity index (χ4n) is 2.68. The molecule has 2 atom stereocenters. The van der Waals surface area contributed by atoms with Crippen molar-refractivity contribution in [1.29, 1.82) is 0 Å². The minimum absolute atomic E-state index is 0.0894. The quantitative estimate of drug-likeness (QED) is 0.230. The molecule has 1 heterocycles. The van der Waals surface area contributed by atoms with E-state index in [-0.39, 0.29) is 18.9 Å². The van der Waals surface area contributed by atoms with Crippen LogP contribution in [0.25, 0.3) is 0 Å². The van der Waals surface area contributed by atoms with Gasteiger partial charge in [-0.05, 0) is 19.9 Å². The lowest BCUT2D eigenvalue weighted by atomic mass is 9.86. The van der Waals surface area contributed by atoms with E-state index in [1.54, 1.807) is 19.8 Å². The van der Waals surface area contributed by atoms with Gasteiger partial charge in [0.05, 0.1) is 24.7 Å². The first-order chi connectivity index (χ1) is 12.8. The van der Waals surface area contributed by atoms with Gasteiger partial charge in [0.2, 0.25) is 0 Å². The summed E-state index contributed by atoms with van der Waals surface area (Å²) in [6, 6.07) is 3.58. The zero-order valence-electron chi connectivity index (χ0n) is 15.3. The number of nitrogens with one attached hydrogen (secondary N) is 1. The van der Waals surface area contributed by atoms with Crippen LogP contribution in [-0.4, -0.2) is 48.0 Å². The second-order valence-electron chi connectivity index (χ2n) is 6.43. The normalized spacial score (nSPS) is 20.7. The van der Waals surface area contributed by atoms with Gasteiger partial charge in [-0.3, -0.25) is 10.1 Å². The number of aliphatic hydroxyl groups is 1. The number of methoxy groups -OCH3 is 1. The Hall–Kier alpha value is -2.87. The highest BCUT2D eigenvalue weighted by Gasteiger charge is 2.43. The van der Waals surface area contributed by atoms with E-state index in [4.69, 9.17) is 14.2 Å². The van der Waals surface area contributed by atoms with Crippen molar-refractivity contribution in [2.24, 2.45) is 0 Å². The van der Waals surface area contributed by atoms with E-state index in [0.29, 0.717) is 17.1 Å². The van der Waals surface area contributed by atoms with Crippen LogP contribution in [0.2, 0.25) is 0 Å². The fourth-order valence-corrected chi connectivity index (χ4v) is 2.68. The minimum Gasteiger partial charge on any atom is -0.497 e. The molecular formula is C18H22N2O7. The summed E-state index contributed by atoms with van der Waals surface area (Å²) in [7, 11) is 1.45. The smallest absolute Gasteiger partial charge is 0.270 e. The number of aliphatic hydroxyl groups excluding tert-OH is 1. The molecule has 0 aliphatic carbocycles. The zero-order valence-corrected chi connectivity index (χ0v) is 15.3. The number of benzene rings is 1. The first-order valence-corrected chi connectivity index (χ1v) is 8.21. The SMILES string of the molecule is CO/C(=C/N[C@@H]1c2cc([N+](=O)[O-])ccc2OC(C)(C)[C@H]1O)COCC=C=O. The van der Waals surface area contributed by atoms with Gasteiger partial charge < -0.3 is 24.6 Å². The van der Waals surface area contributed by atoms with Gasteiger partial charge >= 0.3 is 0 Å². The molecule has 1 aliphatic rings. The van der Waals surface area contributed by atoms with E-state index in [9.17, 15) is 20.0 Å². The van der Waals surface area contributed by atoms with Crippen molar-refractivity contribution in [2.45, 2.75) is 31.6 Å².